The monoisotopic (exact) mass is 351 g/mol. The summed E-state index contributed by atoms with van der Waals surface area (Å²) in [6.07, 6.45) is 2.69. The maximum absolute atomic E-state index is 11.2. The maximum Gasteiger partial charge on any atom is 0.307 e. The van der Waals surface area contributed by atoms with Crippen LogP contribution in [0, 0.1) is 11.3 Å². The molecule has 4 N–H and O–H groups in total. The molecule has 1 aliphatic rings. The van der Waals surface area contributed by atoms with Gasteiger partial charge in [0.05, 0.1) is 5.92 Å². The summed E-state index contributed by atoms with van der Waals surface area (Å²) in [7, 11) is 0. The van der Waals surface area contributed by atoms with Crippen LogP contribution in [0.3, 0.4) is 0 Å². The number of likely N-dealkylation sites (tertiary alicyclic amines) is 1. The number of hydrogen-bond acceptors (Lipinski definition) is 3. The van der Waals surface area contributed by atoms with Gasteiger partial charge in [0.2, 0.25) is 0 Å². The number of nitrogens with zero attached hydrogens (tertiary/aromatic N) is 1. The van der Waals surface area contributed by atoms with E-state index in [1.807, 2.05) is 24.3 Å². The van der Waals surface area contributed by atoms with Crippen LogP contribution in [0.1, 0.15) is 24.0 Å². The van der Waals surface area contributed by atoms with Crippen LogP contribution in [0.2, 0.25) is 0 Å². The van der Waals surface area contributed by atoms with Gasteiger partial charge in [-0.2, -0.15) is 0 Å². The Balaban J connectivity index is 1.57. The first-order chi connectivity index (χ1) is 12.5. The minimum Gasteiger partial charge on any atom is -0.481 e. The van der Waals surface area contributed by atoms with Crippen molar-refractivity contribution in [1.29, 1.82) is 5.41 Å². The summed E-state index contributed by atoms with van der Waals surface area (Å²) in [6.45, 7) is 2.55. The van der Waals surface area contributed by atoms with Gasteiger partial charge in [-0.3, -0.25) is 10.2 Å². The van der Waals surface area contributed by atoms with Crippen LogP contribution in [0.25, 0.3) is 11.1 Å². The fourth-order valence-corrected chi connectivity index (χ4v) is 3.45. The lowest BCUT2D eigenvalue weighted by atomic mass is 9.97. The summed E-state index contributed by atoms with van der Waals surface area (Å²) in [5, 5.41) is 16.6. The predicted octanol–water partition coefficient (Wildman–Crippen LogP) is 2.98. The highest BCUT2D eigenvalue weighted by atomic mass is 16.4. The lowest BCUT2D eigenvalue weighted by Crippen LogP contribution is -2.39. The van der Waals surface area contributed by atoms with E-state index >= 15 is 0 Å². The Kier molecular flexibility index (Phi) is 5.68. The zero-order chi connectivity index (χ0) is 18.5. The van der Waals surface area contributed by atoms with Gasteiger partial charge >= 0.3 is 5.97 Å². The average molecular weight is 351 g/mol. The first kappa shape index (κ1) is 18.1. The van der Waals surface area contributed by atoms with Gasteiger partial charge in [-0.15, -0.1) is 0 Å². The maximum atomic E-state index is 11.2. The molecule has 136 valence electrons. The van der Waals surface area contributed by atoms with Crippen LogP contribution < -0.4 is 5.73 Å². The van der Waals surface area contributed by atoms with Gasteiger partial charge in [0.1, 0.15) is 5.84 Å². The third kappa shape index (κ3) is 4.49. The molecule has 0 aromatic heterocycles. The van der Waals surface area contributed by atoms with Crippen LogP contribution >= 0.6 is 0 Å². The lowest BCUT2D eigenvalue weighted by molar-refractivity contribution is -0.143. The Labute approximate surface area is 154 Å². The summed E-state index contributed by atoms with van der Waals surface area (Å²) in [5.41, 5.74) is 9.70. The number of carboxylic acids is 1. The molecular formula is C21H25N3O2. The zero-order valence-electron chi connectivity index (χ0n) is 14.8. The lowest BCUT2D eigenvalue weighted by Gasteiger charge is -2.30. The van der Waals surface area contributed by atoms with Gasteiger partial charge < -0.3 is 15.7 Å². The molecule has 1 atom stereocenters. The van der Waals surface area contributed by atoms with E-state index in [2.05, 4.69) is 29.2 Å². The number of carboxylic acid groups (broad SMARTS) is 1. The van der Waals surface area contributed by atoms with Crippen molar-refractivity contribution in [3.8, 4) is 11.1 Å². The highest BCUT2D eigenvalue weighted by molar-refractivity contribution is 5.95. The van der Waals surface area contributed by atoms with Gasteiger partial charge in [-0.25, -0.2) is 0 Å². The van der Waals surface area contributed by atoms with Crippen molar-refractivity contribution in [1.82, 2.24) is 4.90 Å². The normalized spacial score (nSPS) is 17.8. The molecular weight excluding hydrogens is 326 g/mol. The van der Waals surface area contributed by atoms with E-state index in [1.165, 1.54) is 5.56 Å². The number of nitrogens with two attached hydrogens (primary N) is 1. The van der Waals surface area contributed by atoms with Crippen molar-refractivity contribution >= 4 is 11.8 Å². The number of nitrogen functional groups attached to an aromatic ring is 1. The van der Waals surface area contributed by atoms with E-state index in [0.717, 1.165) is 49.0 Å². The van der Waals surface area contributed by atoms with Gasteiger partial charge in [0.25, 0.3) is 0 Å². The van der Waals surface area contributed by atoms with E-state index in [1.54, 1.807) is 0 Å². The Morgan fingerprint density at radius 3 is 2.31 bits per heavy atom. The number of piperidine rings is 1. The van der Waals surface area contributed by atoms with Crippen molar-refractivity contribution in [3.05, 3.63) is 59.7 Å². The van der Waals surface area contributed by atoms with Crippen molar-refractivity contribution in [2.45, 2.75) is 19.3 Å². The van der Waals surface area contributed by atoms with E-state index in [-0.39, 0.29) is 11.8 Å². The molecule has 0 radical (unpaired) electrons. The molecule has 3 rings (SSSR count). The molecule has 1 unspecified atom stereocenters. The highest BCUT2D eigenvalue weighted by Crippen LogP contribution is 2.21. The van der Waals surface area contributed by atoms with Crippen molar-refractivity contribution < 1.29 is 9.90 Å². The van der Waals surface area contributed by atoms with Crippen LogP contribution in [-0.2, 0) is 11.2 Å². The van der Waals surface area contributed by atoms with Crippen molar-refractivity contribution in [3.63, 3.8) is 0 Å². The van der Waals surface area contributed by atoms with Crippen molar-refractivity contribution in [2.75, 3.05) is 19.6 Å². The van der Waals surface area contributed by atoms with E-state index < -0.39 is 5.97 Å². The van der Waals surface area contributed by atoms with Gasteiger partial charge in [0.15, 0.2) is 0 Å². The first-order valence-corrected chi connectivity index (χ1v) is 9.02. The quantitative estimate of drug-likeness (QED) is 0.551. The Bertz CT molecular complexity index is 769. The topological polar surface area (TPSA) is 90.4 Å². The standard InChI is InChI=1S/C21H25N3O2/c22-20(23)18-9-7-17(8-10-18)16-5-3-15(4-6-16)11-13-24-12-1-2-19(14-24)21(25)26/h3-10,19H,1-2,11-14H2,(H3,22,23)(H,25,26). The first-order valence-electron chi connectivity index (χ1n) is 9.02. The van der Waals surface area contributed by atoms with Gasteiger partial charge in [-0.05, 0) is 42.5 Å². The fourth-order valence-electron chi connectivity index (χ4n) is 3.45. The Hall–Kier alpha value is -2.66. The van der Waals surface area contributed by atoms with E-state index in [4.69, 9.17) is 11.1 Å². The van der Waals surface area contributed by atoms with Crippen molar-refractivity contribution in [2.24, 2.45) is 11.7 Å². The summed E-state index contributed by atoms with van der Waals surface area (Å²) in [5.74, 6) is -0.811. The van der Waals surface area contributed by atoms with E-state index in [9.17, 15) is 9.90 Å². The molecule has 0 saturated carbocycles. The summed E-state index contributed by atoms with van der Waals surface area (Å²) in [6, 6.07) is 16.2. The molecule has 1 saturated heterocycles. The number of aliphatic carboxylic acids is 1. The largest absolute Gasteiger partial charge is 0.481 e. The summed E-state index contributed by atoms with van der Waals surface area (Å²) in [4.78, 5) is 13.4. The third-order valence-corrected chi connectivity index (χ3v) is 5.05. The number of hydrogen-bond donors (Lipinski definition) is 3. The number of amidine groups is 1. The Morgan fingerprint density at radius 1 is 1.12 bits per heavy atom. The van der Waals surface area contributed by atoms with E-state index in [0.29, 0.717) is 6.54 Å². The van der Waals surface area contributed by atoms with Crippen LogP contribution in [0.15, 0.2) is 48.5 Å². The van der Waals surface area contributed by atoms with Crippen LogP contribution in [0.5, 0.6) is 0 Å². The predicted molar refractivity (Wildman–Crippen MR) is 103 cm³/mol. The highest BCUT2D eigenvalue weighted by Gasteiger charge is 2.24. The molecule has 26 heavy (non-hydrogen) atoms. The molecule has 0 bridgehead atoms. The number of rotatable bonds is 6. The number of carbonyl (C=O) groups is 1. The number of nitrogens with one attached hydrogen (secondary N) is 1. The third-order valence-electron chi connectivity index (χ3n) is 5.05. The second kappa shape index (κ2) is 8.15. The number of benzene rings is 2. The molecule has 2 aromatic carbocycles. The van der Waals surface area contributed by atoms with Gasteiger partial charge in [0, 0.05) is 18.7 Å². The molecule has 1 aliphatic heterocycles. The SMILES string of the molecule is N=C(N)c1ccc(-c2ccc(CCN3CCCC(C(=O)O)C3)cc2)cc1. The Morgan fingerprint density at radius 2 is 1.73 bits per heavy atom. The minimum atomic E-state index is -0.671. The minimum absolute atomic E-state index is 0.0785. The molecule has 0 spiro atoms. The molecule has 1 heterocycles. The summed E-state index contributed by atoms with van der Waals surface area (Å²) < 4.78 is 0. The smallest absolute Gasteiger partial charge is 0.307 e. The second-order valence-electron chi connectivity index (χ2n) is 6.92. The summed E-state index contributed by atoms with van der Waals surface area (Å²) >= 11 is 0. The fraction of sp³-hybridized carbons (Fsp3) is 0.333. The molecule has 1 fully saturated rings. The van der Waals surface area contributed by atoms with Crippen LogP contribution in [0.4, 0.5) is 0 Å². The average Bonchev–Trinajstić information content (AvgIpc) is 2.67. The molecule has 5 nitrogen and oxygen atoms in total. The molecule has 5 heteroatoms. The van der Waals surface area contributed by atoms with Crippen LogP contribution in [-0.4, -0.2) is 41.4 Å². The second-order valence-corrected chi connectivity index (χ2v) is 6.92. The van der Waals surface area contributed by atoms with Gasteiger partial charge in [-0.1, -0.05) is 48.5 Å². The molecule has 0 amide bonds. The molecule has 2 aromatic rings. The zero-order valence-corrected chi connectivity index (χ0v) is 14.8. The molecule has 0 aliphatic carbocycles.